The van der Waals surface area contributed by atoms with E-state index in [4.69, 9.17) is 5.26 Å². The lowest BCUT2D eigenvalue weighted by atomic mass is 10.1. The van der Waals surface area contributed by atoms with Gasteiger partial charge in [-0.2, -0.15) is 10.4 Å². The summed E-state index contributed by atoms with van der Waals surface area (Å²) in [6, 6.07) is 15.6. The van der Waals surface area contributed by atoms with Crippen LogP contribution in [0.3, 0.4) is 0 Å². The molecule has 2 heterocycles. The van der Waals surface area contributed by atoms with Crippen molar-refractivity contribution >= 4 is 21.9 Å². The molecule has 0 amide bonds. The molecule has 21 heavy (non-hydrogen) atoms. The van der Waals surface area contributed by atoms with E-state index >= 15 is 0 Å². The van der Waals surface area contributed by atoms with E-state index in [0.717, 1.165) is 33.5 Å². The largest absolute Gasteiger partial charge is 0.326 e. The van der Waals surface area contributed by atoms with Crippen molar-refractivity contribution in [3.05, 3.63) is 48.0 Å². The highest BCUT2D eigenvalue weighted by atomic mass is 15.2. The molecule has 0 bridgehead atoms. The number of nitrogens with one attached hydrogen (secondary N) is 1. The Morgan fingerprint density at radius 3 is 2.86 bits per heavy atom. The van der Waals surface area contributed by atoms with E-state index < -0.39 is 0 Å². The second kappa shape index (κ2) is 4.18. The summed E-state index contributed by atoms with van der Waals surface area (Å²) in [4.78, 5) is 4.66. The van der Waals surface area contributed by atoms with Crippen LogP contribution in [0.2, 0.25) is 0 Å². The van der Waals surface area contributed by atoms with Crippen molar-refractivity contribution in [2.45, 2.75) is 0 Å². The second-order valence-electron chi connectivity index (χ2n) is 4.93. The maximum Gasteiger partial charge on any atom is 0.162 e. The minimum atomic E-state index is 0.615. The molecule has 2 aromatic heterocycles. The topological polar surface area (TPSA) is 70.3 Å². The molecule has 0 aliphatic heterocycles. The van der Waals surface area contributed by atoms with Crippen LogP contribution in [0.15, 0.2) is 42.5 Å². The summed E-state index contributed by atoms with van der Waals surface area (Å²) in [6.07, 6.45) is 0. The first-order valence-corrected chi connectivity index (χ1v) is 6.58. The number of benzene rings is 2. The highest BCUT2D eigenvalue weighted by Crippen LogP contribution is 2.28. The Balaban J connectivity index is 2.04. The van der Waals surface area contributed by atoms with Crippen molar-refractivity contribution in [3.8, 4) is 17.6 Å². The maximum absolute atomic E-state index is 9.06. The van der Waals surface area contributed by atoms with Crippen LogP contribution in [0, 0.1) is 11.3 Å². The fraction of sp³-hybridized carbons (Fsp3) is 0.0625. The van der Waals surface area contributed by atoms with Crippen LogP contribution in [0.4, 0.5) is 0 Å². The molecular weight excluding hydrogens is 262 g/mol. The van der Waals surface area contributed by atoms with Gasteiger partial charge in [0.05, 0.1) is 28.2 Å². The third kappa shape index (κ3) is 1.63. The van der Waals surface area contributed by atoms with Gasteiger partial charge in [-0.25, -0.2) is 4.98 Å². The quantitative estimate of drug-likeness (QED) is 0.579. The van der Waals surface area contributed by atoms with E-state index in [9.17, 15) is 0 Å². The molecule has 0 saturated heterocycles. The van der Waals surface area contributed by atoms with Crippen molar-refractivity contribution in [1.29, 1.82) is 5.26 Å². The Labute approximate surface area is 120 Å². The van der Waals surface area contributed by atoms with Crippen LogP contribution < -0.4 is 0 Å². The Kier molecular flexibility index (Phi) is 2.33. The number of rotatable bonds is 1. The molecule has 5 nitrogen and oxygen atoms in total. The molecular formula is C16H11N5. The van der Waals surface area contributed by atoms with Gasteiger partial charge in [-0.1, -0.05) is 12.1 Å². The van der Waals surface area contributed by atoms with Gasteiger partial charge in [-0.05, 0) is 30.3 Å². The number of para-hydroxylation sites is 2. The number of hydrogen-bond donors (Lipinski definition) is 1. The van der Waals surface area contributed by atoms with Crippen LogP contribution >= 0.6 is 0 Å². The van der Waals surface area contributed by atoms with Crippen LogP contribution in [0.5, 0.6) is 0 Å². The Hall–Kier alpha value is -3.13. The summed E-state index contributed by atoms with van der Waals surface area (Å²) in [6.45, 7) is 0. The van der Waals surface area contributed by atoms with Gasteiger partial charge >= 0.3 is 0 Å². The average molecular weight is 273 g/mol. The molecule has 2 aromatic carbocycles. The molecule has 4 aromatic rings. The summed E-state index contributed by atoms with van der Waals surface area (Å²) in [5.74, 6) is 0.789. The Bertz CT molecular complexity index is 1020. The number of nitriles is 1. The SMILES string of the molecule is Cn1c(-c2n[nH]c3ccc(C#N)cc23)nc2ccccc21. The molecule has 100 valence electrons. The maximum atomic E-state index is 9.06. The molecule has 0 atom stereocenters. The highest BCUT2D eigenvalue weighted by molar-refractivity contribution is 5.94. The summed E-state index contributed by atoms with van der Waals surface area (Å²) in [5.41, 5.74) is 4.27. The summed E-state index contributed by atoms with van der Waals surface area (Å²) in [5, 5.41) is 17.3. The average Bonchev–Trinajstić information content (AvgIpc) is 3.08. The third-order valence-electron chi connectivity index (χ3n) is 3.69. The summed E-state index contributed by atoms with van der Waals surface area (Å²) in [7, 11) is 1.97. The van der Waals surface area contributed by atoms with E-state index in [1.54, 1.807) is 6.07 Å². The summed E-state index contributed by atoms with van der Waals surface area (Å²) >= 11 is 0. The number of H-pyrrole nitrogens is 1. The second-order valence-corrected chi connectivity index (χ2v) is 4.93. The zero-order chi connectivity index (χ0) is 14.4. The predicted molar refractivity (Wildman–Crippen MR) is 80.5 cm³/mol. The number of hydrogen-bond acceptors (Lipinski definition) is 3. The number of aryl methyl sites for hydroxylation is 1. The van der Waals surface area contributed by atoms with E-state index in [0.29, 0.717) is 5.56 Å². The zero-order valence-electron chi connectivity index (χ0n) is 11.3. The number of fused-ring (bicyclic) bond motifs is 2. The predicted octanol–water partition coefficient (Wildman–Crippen LogP) is 2.99. The number of imidazole rings is 1. The Morgan fingerprint density at radius 2 is 2.05 bits per heavy atom. The van der Waals surface area contributed by atoms with Gasteiger partial charge in [0.15, 0.2) is 5.82 Å². The number of aromatic amines is 1. The van der Waals surface area contributed by atoms with E-state index in [2.05, 4.69) is 21.3 Å². The van der Waals surface area contributed by atoms with E-state index in [1.165, 1.54) is 0 Å². The molecule has 0 unspecified atom stereocenters. The third-order valence-corrected chi connectivity index (χ3v) is 3.69. The molecule has 5 heteroatoms. The van der Waals surface area contributed by atoms with Crippen molar-refractivity contribution in [1.82, 2.24) is 19.7 Å². The lowest BCUT2D eigenvalue weighted by molar-refractivity contribution is 0.946. The van der Waals surface area contributed by atoms with Crippen molar-refractivity contribution in [2.24, 2.45) is 7.05 Å². The van der Waals surface area contributed by atoms with Gasteiger partial charge in [-0.3, -0.25) is 5.10 Å². The lowest BCUT2D eigenvalue weighted by Crippen LogP contribution is -1.93. The van der Waals surface area contributed by atoms with Gasteiger partial charge in [0.25, 0.3) is 0 Å². The standard InChI is InChI=1S/C16H11N5/c1-21-14-5-3-2-4-13(14)18-16(21)15-11-8-10(9-17)6-7-12(11)19-20-15/h2-8H,1H3,(H,19,20). The van der Waals surface area contributed by atoms with Crippen LogP contribution in [0.25, 0.3) is 33.5 Å². The van der Waals surface area contributed by atoms with Gasteiger partial charge in [0.1, 0.15) is 5.69 Å². The molecule has 0 radical (unpaired) electrons. The summed E-state index contributed by atoms with van der Waals surface area (Å²) < 4.78 is 2.02. The minimum Gasteiger partial charge on any atom is -0.326 e. The van der Waals surface area contributed by atoms with E-state index in [-0.39, 0.29) is 0 Å². The molecule has 0 aliphatic carbocycles. The number of nitrogens with zero attached hydrogens (tertiary/aromatic N) is 4. The first kappa shape index (κ1) is 11.7. The fourth-order valence-electron chi connectivity index (χ4n) is 2.61. The van der Waals surface area contributed by atoms with E-state index in [1.807, 2.05) is 48.0 Å². The van der Waals surface area contributed by atoms with Crippen molar-refractivity contribution < 1.29 is 0 Å². The molecule has 0 saturated carbocycles. The van der Waals surface area contributed by atoms with Crippen LogP contribution in [-0.4, -0.2) is 19.7 Å². The lowest BCUT2D eigenvalue weighted by Gasteiger charge is -1.99. The molecule has 0 spiro atoms. The van der Waals surface area contributed by atoms with Gasteiger partial charge < -0.3 is 4.57 Å². The molecule has 0 aliphatic rings. The molecule has 1 N–H and O–H groups in total. The van der Waals surface area contributed by atoms with Gasteiger partial charge in [-0.15, -0.1) is 0 Å². The normalized spacial score (nSPS) is 11.0. The molecule has 0 fully saturated rings. The number of aromatic nitrogens is 4. The minimum absolute atomic E-state index is 0.615. The van der Waals surface area contributed by atoms with Gasteiger partial charge in [0.2, 0.25) is 0 Å². The van der Waals surface area contributed by atoms with Gasteiger partial charge in [0, 0.05) is 12.4 Å². The van der Waals surface area contributed by atoms with Crippen molar-refractivity contribution in [2.75, 3.05) is 0 Å². The van der Waals surface area contributed by atoms with Crippen LogP contribution in [-0.2, 0) is 7.05 Å². The Morgan fingerprint density at radius 1 is 1.19 bits per heavy atom. The highest BCUT2D eigenvalue weighted by Gasteiger charge is 2.15. The molecule has 4 rings (SSSR count). The smallest absolute Gasteiger partial charge is 0.162 e. The van der Waals surface area contributed by atoms with Crippen molar-refractivity contribution in [3.63, 3.8) is 0 Å². The monoisotopic (exact) mass is 273 g/mol. The first-order chi connectivity index (χ1) is 10.3. The first-order valence-electron chi connectivity index (χ1n) is 6.58. The fourth-order valence-corrected chi connectivity index (χ4v) is 2.61. The van der Waals surface area contributed by atoms with Crippen LogP contribution in [0.1, 0.15) is 5.56 Å². The zero-order valence-corrected chi connectivity index (χ0v) is 11.3.